The summed E-state index contributed by atoms with van der Waals surface area (Å²) in [7, 11) is 0. The second-order valence-corrected chi connectivity index (χ2v) is 6.49. The second-order valence-electron chi connectivity index (χ2n) is 3.80. The molecule has 0 saturated heterocycles. The van der Waals surface area contributed by atoms with Crippen LogP contribution in [0.2, 0.25) is 0 Å². The van der Waals surface area contributed by atoms with Crippen LogP contribution in [0.5, 0.6) is 11.5 Å². The molecule has 104 valence electrons. The van der Waals surface area contributed by atoms with Crippen molar-refractivity contribution in [2.75, 3.05) is 0 Å². The minimum Gasteiger partial charge on any atom is -0.455 e. The van der Waals surface area contributed by atoms with Gasteiger partial charge in [-0.15, -0.1) is 0 Å². The highest BCUT2D eigenvalue weighted by atomic mass is 79.9. The number of oxime groups is 1. The van der Waals surface area contributed by atoms with E-state index >= 15 is 0 Å². The smallest absolute Gasteiger partial charge is 0.173 e. The Kier molecular flexibility index (Phi) is 5.06. The molecule has 0 aliphatic rings. The van der Waals surface area contributed by atoms with Crippen LogP contribution in [0.15, 0.2) is 55.0 Å². The van der Waals surface area contributed by atoms with Crippen molar-refractivity contribution in [3.05, 3.63) is 55.4 Å². The number of ether oxygens (including phenoxy) is 1. The maximum Gasteiger partial charge on any atom is 0.173 e. The van der Waals surface area contributed by atoms with Gasteiger partial charge in [0, 0.05) is 8.95 Å². The molecule has 0 unspecified atom stereocenters. The van der Waals surface area contributed by atoms with Crippen LogP contribution in [0.25, 0.3) is 0 Å². The van der Waals surface area contributed by atoms with Crippen LogP contribution < -0.4 is 10.5 Å². The van der Waals surface area contributed by atoms with Gasteiger partial charge >= 0.3 is 0 Å². The van der Waals surface area contributed by atoms with E-state index in [-0.39, 0.29) is 5.84 Å². The standard InChI is InChI=1S/C13H9Br3N2O2/c14-7-1-3-11(9(5-7)13(17)18-19)20-12-4-2-8(15)6-10(12)16/h1-6,19H,(H2,17,18). The molecule has 0 amide bonds. The summed E-state index contributed by atoms with van der Waals surface area (Å²) in [6, 6.07) is 10.8. The lowest BCUT2D eigenvalue weighted by atomic mass is 10.2. The minimum absolute atomic E-state index is 0.0189. The lowest BCUT2D eigenvalue weighted by Crippen LogP contribution is -2.14. The molecule has 0 aliphatic heterocycles. The number of rotatable bonds is 3. The zero-order chi connectivity index (χ0) is 14.7. The number of hydrogen-bond donors (Lipinski definition) is 2. The molecule has 2 aromatic rings. The maximum absolute atomic E-state index is 8.84. The van der Waals surface area contributed by atoms with Crippen LogP contribution in [0.4, 0.5) is 0 Å². The fourth-order valence-electron chi connectivity index (χ4n) is 1.52. The largest absolute Gasteiger partial charge is 0.455 e. The lowest BCUT2D eigenvalue weighted by Gasteiger charge is -2.12. The Morgan fingerprint density at radius 1 is 1.00 bits per heavy atom. The Morgan fingerprint density at radius 3 is 2.20 bits per heavy atom. The van der Waals surface area contributed by atoms with Gasteiger partial charge in [0.25, 0.3) is 0 Å². The van der Waals surface area contributed by atoms with E-state index in [1.54, 1.807) is 12.1 Å². The van der Waals surface area contributed by atoms with Gasteiger partial charge in [0.05, 0.1) is 10.0 Å². The first-order chi connectivity index (χ1) is 9.51. The molecule has 20 heavy (non-hydrogen) atoms. The van der Waals surface area contributed by atoms with E-state index in [1.807, 2.05) is 24.3 Å². The van der Waals surface area contributed by atoms with E-state index < -0.39 is 0 Å². The van der Waals surface area contributed by atoms with E-state index in [1.165, 1.54) is 0 Å². The van der Waals surface area contributed by atoms with E-state index in [0.717, 1.165) is 13.4 Å². The molecule has 2 rings (SSSR count). The predicted octanol–water partition coefficient (Wildman–Crippen LogP) is 4.86. The third kappa shape index (κ3) is 3.53. The molecular weight excluding hydrogens is 456 g/mol. The van der Waals surface area contributed by atoms with Gasteiger partial charge in [-0.05, 0) is 52.3 Å². The lowest BCUT2D eigenvalue weighted by molar-refractivity contribution is 0.318. The van der Waals surface area contributed by atoms with Crippen molar-refractivity contribution in [1.82, 2.24) is 0 Å². The van der Waals surface area contributed by atoms with Crippen molar-refractivity contribution in [2.45, 2.75) is 0 Å². The van der Waals surface area contributed by atoms with Crippen molar-refractivity contribution in [2.24, 2.45) is 10.9 Å². The highest BCUT2D eigenvalue weighted by Gasteiger charge is 2.12. The van der Waals surface area contributed by atoms with Gasteiger partial charge in [0.1, 0.15) is 11.5 Å². The number of amidine groups is 1. The van der Waals surface area contributed by atoms with Gasteiger partial charge in [-0.25, -0.2) is 0 Å². The average Bonchev–Trinajstić information content (AvgIpc) is 2.42. The highest BCUT2D eigenvalue weighted by Crippen LogP contribution is 2.34. The Morgan fingerprint density at radius 2 is 1.60 bits per heavy atom. The van der Waals surface area contributed by atoms with Crippen molar-refractivity contribution < 1.29 is 9.94 Å². The van der Waals surface area contributed by atoms with Crippen LogP contribution in [0.1, 0.15) is 5.56 Å². The summed E-state index contributed by atoms with van der Waals surface area (Å²) in [5.41, 5.74) is 6.16. The Labute approximate surface area is 141 Å². The van der Waals surface area contributed by atoms with E-state index in [4.69, 9.17) is 15.7 Å². The maximum atomic E-state index is 8.84. The van der Waals surface area contributed by atoms with Crippen molar-refractivity contribution >= 4 is 53.6 Å². The SMILES string of the molecule is N/C(=N/O)c1cc(Br)ccc1Oc1ccc(Br)cc1Br. The second kappa shape index (κ2) is 6.60. The van der Waals surface area contributed by atoms with Gasteiger partial charge in [0.2, 0.25) is 0 Å². The highest BCUT2D eigenvalue weighted by molar-refractivity contribution is 9.11. The molecule has 0 saturated carbocycles. The Balaban J connectivity index is 2.43. The molecule has 0 radical (unpaired) electrons. The molecule has 0 heterocycles. The number of nitrogens with zero attached hydrogens (tertiary/aromatic N) is 1. The molecule has 7 heteroatoms. The molecule has 0 bridgehead atoms. The molecule has 2 aromatic carbocycles. The molecule has 0 spiro atoms. The fraction of sp³-hybridized carbons (Fsp3) is 0. The van der Waals surface area contributed by atoms with Crippen LogP contribution in [0, 0.1) is 0 Å². The fourth-order valence-corrected chi connectivity index (χ4v) is 3.01. The first-order valence-electron chi connectivity index (χ1n) is 5.41. The Hall–Kier alpha value is -1.05. The number of benzene rings is 2. The van der Waals surface area contributed by atoms with Crippen LogP contribution >= 0.6 is 47.8 Å². The van der Waals surface area contributed by atoms with E-state index in [0.29, 0.717) is 17.1 Å². The molecule has 3 N–H and O–H groups in total. The third-order valence-electron chi connectivity index (χ3n) is 2.44. The summed E-state index contributed by atoms with van der Waals surface area (Å²) in [6.07, 6.45) is 0. The van der Waals surface area contributed by atoms with E-state index in [2.05, 4.69) is 52.9 Å². The molecule has 4 nitrogen and oxygen atoms in total. The first-order valence-corrected chi connectivity index (χ1v) is 7.79. The normalized spacial score (nSPS) is 11.4. The van der Waals surface area contributed by atoms with Gasteiger partial charge in [-0.1, -0.05) is 37.0 Å². The average molecular weight is 465 g/mol. The van der Waals surface area contributed by atoms with Crippen molar-refractivity contribution in [3.8, 4) is 11.5 Å². The van der Waals surface area contributed by atoms with E-state index in [9.17, 15) is 0 Å². The van der Waals surface area contributed by atoms with Gasteiger partial charge in [0.15, 0.2) is 5.84 Å². The minimum atomic E-state index is -0.0189. The summed E-state index contributed by atoms with van der Waals surface area (Å²) in [4.78, 5) is 0. The van der Waals surface area contributed by atoms with Crippen molar-refractivity contribution in [3.63, 3.8) is 0 Å². The zero-order valence-electron chi connectivity index (χ0n) is 9.98. The summed E-state index contributed by atoms with van der Waals surface area (Å²) >= 11 is 10.1. The number of halogens is 3. The topological polar surface area (TPSA) is 67.8 Å². The number of nitrogens with two attached hydrogens (primary N) is 1. The van der Waals surface area contributed by atoms with Gasteiger partial charge < -0.3 is 15.7 Å². The number of hydrogen-bond acceptors (Lipinski definition) is 3. The van der Waals surface area contributed by atoms with Crippen molar-refractivity contribution in [1.29, 1.82) is 0 Å². The van der Waals surface area contributed by atoms with Crippen LogP contribution in [-0.2, 0) is 0 Å². The molecule has 0 fully saturated rings. The molecule has 0 aliphatic carbocycles. The Bertz CT molecular complexity index is 675. The summed E-state index contributed by atoms with van der Waals surface area (Å²) in [5, 5.41) is 11.9. The predicted molar refractivity (Wildman–Crippen MR) is 88.6 cm³/mol. The zero-order valence-corrected chi connectivity index (χ0v) is 14.7. The monoisotopic (exact) mass is 462 g/mol. The summed E-state index contributed by atoms with van der Waals surface area (Å²) in [5.74, 6) is 1.10. The third-order valence-corrected chi connectivity index (χ3v) is 4.05. The van der Waals surface area contributed by atoms with Gasteiger partial charge in [-0.3, -0.25) is 0 Å². The molecule has 0 aromatic heterocycles. The molecule has 0 atom stereocenters. The summed E-state index contributed by atoms with van der Waals surface area (Å²) in [6.45, 7) is 0. The van der Waals surface area contributed by atoms with Crippen LogP contribution in [-0.4, -0.2) is 11.0 Å². The molecular formula is C13H9Br3N2O2. The van der Waals surface area contributed by atoms with Gasteiger partial charge in [-0.2, -0.15) is 0 Å². The summed E-state index contributed by atoms with van der Waals surface area (Å²) < 4.78 is 8.35. The van der Waals surface area contributed by atoms with Crippen LogP contribution in [0.3, 0.4) is 0 Å². The first kappa shape index (κ1) is 15.3. The quantitative estimate of drug-likeness (QED) is 0.295.